The maximum Gasteiger partial charge on any atom is 0.160 e. The van der Waals surface area contributed by atoms with Crippen molar-refractivity contribution in [1.29, 1.82) is 0 Å². The van der Waals surface area contributed by atoms with Crippen LogP contribution in [0.3, 0.4) is 0 Å². The Morgan fingerprint density at radius 2 is 1.08 bits per heavy atom. The normalized spacial score (nSPS) is 11.6. The molecule has 0 N–H and O–H groups in total. The summed E-state index contributed by atoms with van der Waals surface area (Å²) in [6.45, 7) is 0. The molecule has 0 atom stereocenters. The standard InChI is InChI=1S/C46H30N4/c1-3-13-31(14-4-1)33-15-11-16-34(29-33)43-40-22-7-9-23-41(40)47-46(48-43)35-17-12-20-37(30-35)50-42-24-10-8-21-38(42)39-26-25-32-27-28-49(44(32)45(39)50)36-18-5-2-6-19-36/h1-30H. The number of nitrogens with zero attached hydrogens (tertiary/aromatic N) is 4. The predicted octanol–water partition coefficient (Wildman–Crippen LogP) is 11.7. The largest absolute Gasteiger partial charge is 0.315 e. The van der Waals surface area contributed by atoms with Crippen LogP contribution < -0.4 is 0 Å². The second-order valence-electron chi connectivity index (χ2n) is 12.7. The van der Waals surface area contributed by atoms with Crippen molar-refractivity contribution in [1.82, 2.24) is 19.1 Å². The van der Waals surface area contributed by atoms with Crippen molar-refractivity contribution in [3.05, 3.63) is 182 Å². The van der Waals surface area contributed by atoms with Crippen molar-refractivity contribution in [2.45, 2.75) is 0 Å². The fourth-order valence-electron chi connectivity index (χ4n) is 7.43. The first-order valence-electron chi connectivity index (χ1n) is 16.9. The summed E-state index contributed by atoms with van der Waals surface area (Å²) in [5.41, 5.74) is 11.9. The smallest absolute Gasteiger partial charge is 0.160 e. The Kier molecular flexibility index (Phi) is 6.46. The molecule has 0 saturated carbocycles. The van der Waals surface area contributed by atoms with Crippen molar-refractivity contribution >= 4 is 43.6 Å². The van der Waals surface area contributed by atoms with Crippen LogP contribution in [0, 0.1) is 0 Å². The maximum atomic E-state index is 5.29. The van der Waals surface area contributed by atoms with Crippen molar-refractivity contribution in [2.24, 2.45) is 0 Å². The molecule has 0 aliphatic heterocycles. The van der Waals surface area contributed by atoms with E-state index in [9.17, 15) is 0 Å². The Morgan fingerprint density at radius 1 is 0.400 bits per heavy atom. The fourth-order valence-corrected chi connectivity index (χ4v) is 7.43. The highest BCUT2D eigenvalue weighted by Gasteiger charge is 2.19. The fraction of sp³-hybridized carbons (Fsp3) is 0. The van der Waals surface area contributed by atoms with Crippen LogP contribution in [0.2, 0.25) is 0 Å². The molecule has 3 heterocycles. The molecule has 4 nitrogen and oxygen atoms in total. The average molecular weight is 639 g/mol. The van der Waals surface area contributed by atoms with E-state index < -0.39 is 0 Å². The molecule has 0 saturated heterocycles. The van der Waals surface area contributed by atoms with E-state index in [0.717, 1.165) is 50.2 Å². The third-order valence-electron chi connectivity index (χ3n) is 9.73. The Balaban J connectivity index is 1.19. The zero-order chi connectivity index (χ0) is 33.0. The Hall–Kier alpha value is -6.78. The van der Waals surface area contributed by atoms with E-state index >= 15 is 0 Å². The molecule has 234 valence electrons. The lowest BCUT2D eigenvalue weighted by molar-refractivity contribution is 1.11. The number of hydrogen-bond donors (Lipinski definition) is 0. The van der Waals surface area contributed by atoms with Gasteiger partial charge in [0.15, 0.2) is 5.82 Å². The van der Waals surface area contributed by atoms with Crippen LogP contribution in [-0.4, -0.2) is 19.1 Å². The molecular weight excluding hydrogens is 609 g/mol. The van der Waals surface area contributed by atoms with Gasteiger partial charge in [-0.2, -0.15) is 0 Å². The van der Waals surface area contributed by atoms with Gasteiger partial charge in [-0.25, -0.2) is 9.97 Å². The number of hydrogen-bond acceptors (Lipinski definition) is 2. The summed E-state index contributed by atoms with van der Waals surface area (Å²) in [7, 11) is 0. The van der Waals surface area contributed by atoms with Gasteiger partial charge in [-0.05, 0) is 59.7 Å². The predicted molar refractivity (Wildman–Crippen MR) is 207 cm³/mol. The first kappa shape index (κ1) is 28.3. The van der Waals surface area contributed by atoms with Crippen LogP contribution in [-0.2, 0) is 0 Å². The molecule has 10 aromatic rings. The molecule has 0 fully saturated rings. The van der Waals surface area contributed by atoms with Gasteiger partial charge in [0.05, 0.1) is 27.8 Å². The molecule has 7 aromatic carbocycles. The maximum absolute atomic E-state index is 5.29. The molecule has 0 unspecified atom stereocenters. The van der Waals surface area contributed by atoms with E-state index in [2.05, 4.69) is 185 Å². The number of benzene rings is 7. The minimum Gasteiger partial charge on any atom is -0.315 e. The number of fused-ring (bicyclic) bond motifs is 6. The zero-order valence-corrected chi connectivity index (χ0v) is 27.1. The van der Waals surface area contributed by atoms with Gasteiger partial charge in [0, 0.05) is 50.2 Å². The molecular formula is C46H30N4. The molecule has 10 rings (SSSR count). The highest BCUT2D eigenvalue weighted by molar-refractivity contribution is 6.18. The Bertz CT molecular complexity index is 2860. The van der Waals surface area contributed by atoms with E-state index in [0.29, 0.717) is 5.82 Å². The summed E-state index contributed by atoms with van der Waals surface area (Å²) in [4.78, 5) is 10.4. The van der Waals surface area contributed by atoms with Crippen molar-refractivity contribution in [3.8, 4) is 45.1 Å². The summed E-state index contributed by atoms with van der Waals surface area (Å²) in [6, 6.07) is 62.1. The number of aromatic nitrogens is 4. The van der Waals surface area contributed by atoms with E-state index in [1.807, 2.05) is 6.07 Å². The summed E-state index contributed by atoms with van der Waals surface area (Å²) in [5, 5.41) is 4.67. The summed E-state index contributed by atoms with van der Waals surface area (Å²) < 4.78 is 4.71. The highest BCUT2D eigenvalue weighted by atomic mass is 15.0. The minimum atomic E-state index is 0.698. The second-order valence-corrected chi connectivity index (χ2v) is 12.7. The lowest BCUT2D eigenvalue weighted by atomic mass is 9.99. The van der Waals surface area contributed by atoms with Crippen LogP contribution >= 0.6 is 0 Å². The quantitative estimate of drug-likeness (QED) is 0.188. The number of para-hydroxylation sites is 3. The van der Waals surface area contributed by atoms with Gasteiger partial charge in [-0.3, -0.25) is 0 Å². The van der Waals surface area contributed by atoms with Crippen LogP contribution in [0.25, 0.3) is 88.8 Å². The van der Waals surface area contributed by atoms with Crippen molar-refractivity contribution < 1.29 is 0 Å². The first-order chi connectivity index (χ1) is 24.8. The molecule has 0 bridgehead atoms. The van der Waals surface area contributed by atoms with Gasteiger partial charge < -0.3 is 9.13 Å². The van der Waals surface area contributed by atoms with Crippen molar-refractivity contribution in [2.75, 3.05) is 0 Å². The molecule has 0 aliphatic carbocycles. The van der Waals surface area contributed by atoms with Gasteiger partial charge >= 0.3 is 0 Å². The molecule has 50 heavy (non-hydrogen) atoms. The lowest BCUT2D eigenvalue weighted by Gasteiger charge is -2.14. The highest BCUT2D eigenvalue weighted by Crippen LogP contribution is 2.39. The van der Waals surface area contributed by atoms with Crippen LogP contribution in [0.15, 0.2) is 182 Å². The SMILES string of the molecule is c1ccc(-c2cccc(-c3nc(-c4cccc(-n5c6ccccc6c6ccc7ccn(-c8ccccc8)c7c65)c4)nc4ccccc34)c2)cc1. The minimum absolute atomic E-state index is 0.698. The summed E-state index contributed by atoms with van der Waals surface area (Å²) >= 11 is 0. The zero-order valence-electron chi connectivity index (χ0n) is 27.1. The lowest BCUT2D eigenvalue weighted by Crippen LogP contribution is -1.99. The molecule has 0 aliphatic rings. The topological polar surface area (TPSA) is 35.6 Å². The van der Waals surface area contributed by atoms with Gasteiger partial charge in [0.25, 0.3) is 0 Å². The van der Waals surface area contributed by atoms with E-state index in [4.69, 9.17) is 9.97 Å². The molecule has 4 heteroatoms. The molecule has 0 spiro atoms. The van der Waals surface area contributed by atoms with Crippen LogP contribution in [0.1, 0.15) is 0 Å². The van der Waals surface area contributed by atoms with E-state index in [1.54, 1.807) is 0 Å². The monoisotopic (exact) mass is 638 g/mol. The van der Waals surface area contributed by atoms with Gasteiger partial charge in [-0.1, -0.05) is 127 Å². The third kappa shape index (κ3) is 4.54. The van der Waals surface area contributed by atoms with E-state index in [1.165, 1.54) is 32.8 Å². The Labute approximate surface area is 289 Å². The van der Waals surface area contributed by atoms with Gasteiger partial charge in [0.2, 0.25) is 0 Å². The second kappa shape index (κ2) is 11.4. The first-order valence-corrected chi connectivity index (χ1v) is 16.9. The van der Waals surface area contributed by atoms with Gasteiger partial charge in [0.1, 0.15) is 0 Å². The number of rotatable bonds is 5. The molecule has 0 radical (unpaired) electrons. The summed E-state index contributed by atoms with van der Waals surface area (Å²) in [6.07, 6.45) is 2.18. The molecule has 3 aromatic heterocycles. The van der Waals surface area contributed by atoms with E-state index in [-0.39, 0.29) is 0 Å². The third-order valence-corrected chi connectivity index (χ3v) is 9.73. The van der Waals surface area contributed by atoms with Crippen LogP contribution in [0.5, 0.6) is 0 Å². The average Bonchev–Trinajstić information content (AvgIpc) is 3.78. The summed E-state index contributed by atoms with van der Waals surface area (Å²) in [5.74, 6) is 0.698. The van der Waals surface area contributed by atoms with Crippen molar-refractivity contribution in [3.63, 3.8) is 0 Å². The van der Waals surface area contributed by atoms with Gasteiger partial charge in [-0.15, -0.1) is 0 Å². The molecule has 0 amide bonds. The van der Waals surface area contributed by atoms with Crippen LogP contribution in [0.4, 0.5) is 0 Å². The Morgan fingerprint density at radius 3 is 1.96 bits per heavy atom.